The number of phenolic OH excluding ortho intramolecular Hbond substituents is 1. The van der Waals surface area contributed by atoms with E-state index in [0.29, 0.717) is 16.9 Å². The molecule has 0 spiro atoms. The summed E-state index contributed by atoms with van der Waals surface area (Å²) in [6.07, 6.45) is 3.61. The van der Waals surface area contributed by atoms with Gasteiger partial charge < -0.3 is 9.52 Å². The van der Waals surface area contributed by atoms with E-state index in [4.69, 9.17) is 4.42 Å². The van der Waals surface area contributed by atoms with Crippen molar-refractivity contribution in [2.24, 2.45) is 7.05 Å². The minimum Gasteiger partial charge on any atom is -0.508 e. The maximum atomic E-state index is 9.45. The van der Waals surface area contributed by atoms with E-state index in [2.05, 4.69) is 6.07 Å². The fourth-order valence-electron chi connectivity index (χ4n) is 2.07. The minimum atomic E-state index is 0.194. The number of aryl methyl sites for hydroxylation is 1. The Morgan fingerprint density at radius 1 is 1.26 bits per heavy atom. The number of pyridine rings is 1. The van der Waals surface area contributed by atoms with E-state index in [1.165, 1.54) is 0 Å². The molecule has 0 saturated heterocycles. The molecule has 0 atom stereocenters. The molecule has 92 valence electrons. The number of phenols is 1. The number of furan rings is 1. The summed E-state index contributed by atoms with van der Waals surface area (Å²) < 4.78 is 7.54. The fourth-order valence-corrected chi connectivity index (χ4v) is 2.07. The molecule has 3 aromatic rings. The highest BCUT2D eigenvalue weighted by molar-refractivity contribution is 5.84. The van der Waals surface area contributed by atoms with Crippen LogP contribution in [0.4, 0.5) is 0 Å². The molecular weight excluding hydrogens is 240 g/mol. The molecule has 3 rings (SSSR count). The number of aromatic nitrogens is 1. The molecular formula is C15H11N2O2+. The molecule has 4 heteroatoms. The van der Waals surface area contributed by atoms with E-state index in [0.717, 1.165) is 10.9 Å². The summed E-state index contributed by atoms with van der Waals surface area (Å²) in [5.74, 6) is 0.817. The van der Waals surface area contributed by atoms with Gasteiger partial charge in [-0.15, -0.1) is 0 Å². The van der Waals surface area contributed by atoms with Crippen molar-refractivity contribution >= 4 is 11.0 Å². The van der Waals surface area contributed by atoms with Gasteiger partial charge in [-0.05, 0) is 24.3 Å². The highest BCUT2D eigenvalue weighted by atomic mass is 16.3. The molecule has 1 aromatic carbocycles. The van der Waals surface area contributed by atoms with E-state index in [1.54, 1.807) is 24.4 Å². The number of aromatic hydroxyl groups is 1. The topological polar surface area (TPSA) is 61.0 Å². The Bertz CT molecular complexity index is 813. The van der Waals surface area contributed by atoms with Crippen LogP contribution in [-0.2, 0) is 7.05 Å². The molecule has 0 fully saturated rings. The van der Waals surface area contributed by atoms with Gasteiger partial charge in [0.05, 0.1) is 0 Å². The molecule has 1 N–H and O–H groups in total. The van der Waals surface area contributed by atoms with Crippen LogP contribution in [0.5, 0.6) is 5.75 Å². The van der Waals surface area contributed by atoms with E-state index in [1.807, 2.05) is 29.9 Å². The van der Waals surface area contributed by atoms with Crippen LogP contribution in [0.15, 0.2) is 47.1 Å². The van der Waals surface area contributed by atoms with Gasteiger partial charge in [0.1, 0.15) is 35.8 Å². The second-order valence-electron chi connectivity index (χ2n) is 4.38. The molecule has 2 heterocycles. The first-order chi connectivity index (χ1) is 9.17. The Balaban J connectivity index is 2.22. The summed E-state index contributed by atoms with van der Waals surface area (Å²) >= 11 is 0. The number of rotatable bonds is 1. The highest BCUT2D eigenvalue weighted by Gasteiger charge is 2.13. The molecule has 2 aromatic heterocycles. The van der Waals surface area contributed by atoms with Crippen molar-refractivity contribution in [2.45, 2.75) is 0 Å². The molecule has 0 aliphatic heterocycles. The van der Waals surface area contributed by atoms with Crippen LogP contribution in [0, 0.1) is 11.3 Å². The van der Waals surface area contributed by atoms with Crippen molar-refractivity contribution in [3.63, 3.8) is 0 Å². The van der Waals surface area contributed by atoms with E-state index in [9.17, 15) is 10.4 Å². The summed E-state index contributed by atoms with van der Waals surface area (Å²) in [4.78, 5) is 0. The zero-order valence-corrected chi connectivity index (χ0v) is 10.3. The Labute approximate surface area is 109 Å². The van der Waals surface area contributed by atoms with E-state index in [-0.39, 0.29) is 5.75 Å². The van der Waals surface area contributed by atoms with Crippen LogP contribution in [0.25, 0.3) is 22.3 Å². The van der Waals surface area contributed by atoms with Crippen molar-refractivity contribution in [3.05, 3.63) is 48.3 Å². The van der Waals surface area contributed by atoms with Crippen molar-refractivity contribution in [2.75, 3.05) is 0 Å². The van der Waals surface area contributed by atoms with Gasteiger partial charge in [-0.25, -0.2) is 4.57 Å². The highest BCUT2D eigenvalue weighted by Crippen LogP contribution is 2.30. The summed E-state index contributed by atoms with van der Waals surface area (Å²) in [6.45, 7) is 0. The number of nitriles is 1. The van der Waals surface area contributed by atoms with Crippen LogP contribution >= 0.6 is 0 Å². The number of hydrogen-bond donors (Lipinski definition) is 1. The fraction of sp³-hybridized carbons (Fsp3) is 0.0667. The smallest absolute Gasteiger partial charge is 0.187 e. The van der Waals surface area contributed by atoms with Gasteiger partial charge >= 0.3 is 0 Å². The van der Waals surface area contributed by atoms with E-state index < -0.39 is 0 Å². The predicted molar refractivity (Wildman–Crippen MR) is 69.2 cm³/mol. The average Bonchev–Trinajstić information content (AvgIpc) is 2.81. The third kappa shape index (κ3) is 1.91. The van der Waals surface area contributed by atoms with Gasteiger partial charge in [0, 0.05) is 17.0 Å². The first-order valence-electron chi connectivity index (χ1n) is 5.80. The summed E-state index contributed by atoms with van der Waals surface area (Å²) in [5, 5.41) is 19.4. The molecule has 0 radical (unpaired) electrons. The van der Waals surface area contributed by atoms with Gasteiger partial charge in [0.25, 0.3) is 0 Å². The predicted octanol–water partition coefficient (Wildman–Crippen LogP) is 2.50. The first-order valence-corrected chi connectivity index (χ1v) is 5.80. The van der Waals surface area contributed by atoms with E-state index >= 15 is 0 Å². The molecule has 19 heavy (non-hydrogen) atoms. The standard InChI is InChI=1S/C15H10N2O2/c1-17-5-4-13(11(8-16)9-17)15-7-10-6-12(18)2-3-14(10)19-15/h2-7,9H,1H3/p+1. The largest absolute Gasteiger partial charge is 0.508 e. The third-order valence-corrected chi connectivity index (χ3v) is 2.99. The molecule has 4 nitrogen and oxygen atoms in total. The average molecular weight is 251 g/mol. The van der Waals surface area contributed by atoms with Crippen molar-refractivity contribution in [3.8, 4) is 23.1 Å². The molecule has 0 aliphatic carbocycles. The lowest BCUT2D eigenvalue weighted by molar-refractivity contribution is -0.671. The van der Waals surface area contributed by atoms with Gasteiger partial charge in [0.15, 0.2) is 12.4 Å². The molecule has 0 aliphatic rings. The number of benzene rings is 1. The Morgan fingerprint density at radius 2 is 2.11 bits per heavy atom. The van der Waals surface area contributed by atoms with Crippen LogP contribution < -0.4 is 4.57 Å². The van der Waals surface area contributed by atoms with Gasteiger partial charge in [-0.1, -0.05) is 0 Å². The van der Waals surface area contributed by atoms with Crippen LogP contribution in [0.1, 0.15) is 5.56 Å². The number of fused-ring (bicyclic) bond motifs is 1. The van der Waals surface area contributed by atoms with Gasteiger partial charge in [0.2, 0.25) is 0 Å². The summed E-state index contributed by atoms with van der Waals surface area (Å²) in [6, 6.07) is 10.8. The SMILES string of the molecule is C[n+]1ccc(-c2cc3cc(O)ccc3o2)c(C#N)c1. The van der Waals surface area contributed by atoms with Gasteiger partial charge in [-0.3, -0.25) is 0 Å². The monoisotopic (exact) mass is 251 g/mol. The number of nitrogens with zero attached hydrogens (tertiary/aromatic N) is 2. The molecule has 0 bridgehead atoms. The van der Waals surface area contributed by atoms with Crippen molar-refractivity contribution < 1.29 is 14.1 Å². The lowest BCUT2D eigenvalue weighted by atomic mass is 10.1. The summed E-state index contributed by atoms with van der Waals surface area (Å²) in [7, 11) is 1.86. The molecule has 0 saturated carbocycles. The summed E-state index contributed by atoms with van der Waals surface area (Å²) in [5.41, 5.74) is 1.98. The zero-order chi connectivity index (χ0) is 13.4. The van der Waals surface area contributed by atoms with Crippen LogP contribution in [0.3, 0.4) is 0 Å². The zero-order valence-electron chi connectivity index (χ0n) is 10.3. The Kier molecular flexibility index (Phi) is 2.46. The van der Waals surface area contributed by atoms with Crippen LogP contribution in [-0.4, -0.2) is 5.11 Å². The molecule has 0 amide bonds. The third-order valence-electron chi connectivity index (χ3n) is 2.99. The maximum Gasteiger partial charge on any atom is 0.187 e. The normalized spacial score (nSPS) is 10.5. The first kappa shape index (κ1) is 11.3. The molecule has 0 unspecified atom stereocenters. The Hall–Kier alpha value is -2.80. The van der Waals surface area contributed by atoms with Gasteiger partial charge in [-0.2, -0.15) is 5.26 Å². The lowest BCUT2D eigenvalue weighted by Gasteiger charge is -1.97. The van der Waals surface area contributed by atoms with Crippen molar-refractivity contribution in [1.29, 1.82) is 5.26 Å². The Morgan fingerprint density at radius 3 is 2.89 bits per heavy atom. The maximum absolute atomic E-state index is 9.45. The second-order valence-corrected chi connectivity index (χ2v) is 4.38. The lowest BCUT2D eigenvalue weighted by Crippen LogP contribution is -2.26. The van der Waals surface area contributed by atoms with Crippen LogP contribution in [0.2, 0.25) is 0 Å². The van der Waals surface area contributed by atoms with Crippen molar-refractivity contribution in [1.82, 2.24) is 0 Å². The minimum absolute atomic E-state index is 0.194. The number of hydrogen-bond acceptors (Lipinski definition) is 3. The quantitative estimate of drug-likeness (QED) is 0.676. The second kappa shape index (κ2) is 4.14.